The van der Waals surface area contributed by atoms with Crippen molar-refractivity contribution < 1.29 is 14.2 Å². The van der Waals surface area contributed by atoms with Gasteiger partial charge in [-0.05, 0) is 41.1 Å². The van der Waals surface area contributed by atoms with Crippen LogP contribution in [0.3, 0.4) is 0 Å². The average molecular weight is 647 g/mol. The highest BCUT2D eigenvalue weighted by atomic mass is 79.9. The second-order valence-corrected chi connectivity index (χ2v) is 15.8. The highest BCUT2D eigenvalue weighted by Gasteiger charge is 2.39. The molecule has 0 aliphatic carbocycles. The number of benzene rings is 5. The van der Waals surface area contributed by atoms with Crippen molar-refractivity contribution in [2.75, 3.05) is 6.61 Å². The van der Waals surface area contributed by atoms with Crippen LogP contribution in [-0.2, 0) is 9.09 Å². The molecule has 5 rings (SSSR count). The Labute approximate surface area is 249 Å². The van der Waals surface area contributed by atoms with Gasteiger partial charge in [-0.1, -0.05) is 137 Å². The Balaban J connectivity index is 1.59. The van der Waals surface area contributed by atoms with Crippen LogP contribution in [0.1, 0.15) is 17.0 Å². The van der Waals surface area contributed by atoms with Gasteiger partial charge in [0.15, 0.2) is 0 Å². The smallest absolute Gasteiger partial charge is 0.259 e. The van der Waals surface area contributed by atoms with Crippen molar-refractivity contribution in [2.45, 2.75) is 10.8 Å². The predicted molar refractivity (Wildman–Crippen MR) is 175 cm³/mol. The lowest BCUT2D eigenvalue weighted by molar-refractivity contribution is 0.352. The van der Waals surface area contributed by atoms with Gasteiger partial charge in [0.05, 0.1) is 4.90 Å². The van der Waals surface area contributed by atoms with Crippen LogP contribution in [0.15, 0.2) is 149 Å². The molecule has 0 bridgehead atoms. The summed E-state index contributed by atoms with van der Waals surface area (Å²) in [6.07, 6.45) is 0. The van der Waals surface area contributed by atoms with Crippen molar-refractivity contribution in [3.63, 3.8) is 0 Å². The van der Waals surface area contributed by atoms with E-state index in [2.05, 4.69) is 40.2 Å². The van der Waals surface area contributed by atoms with Crippen molar-refractivity contribution in [1.82, 2.24) is 0 Å². The highest BCUT2D eigenvalue weighted by molar-refractivity contribution is 9.10. The molecule has 3 nitrogen and oxygen atoms in total. The molecule has 0 saturated heterocycles. The van der Waals surface area contributed by atoms with Crippen LogP contribution in [0.2, 0.25) is 0 Å². The molecule has 1 unspecified atom stereocenters. The van der Waals surface area contributed by atoms with E-state index in [1.54, 1.807) is 12.1 Å². The maximum Gasteiger partial charge on any atom is 0.259 e. The molecule has 0 saturated carbocycles. The summed E-state index contributed by atoms with van der Waals surface area (Å²) < 4.78 is 23.3. The van der Waals surface area contributed by atoms with Gasteiger partial charge in [0.1, 0.15) is 12.4 Å². The summed E-state index contributed by atoms with van der Waals surface area (Å²) in [5, 5.41) is 12.2. The number of aromatic hydroxyl groups is 1. The minimum Gasteiger partial charge on any atom is -0.507 e. The molecule has 0 radical (unpaired) electrons. The van der Waals surface area contributed by atoms with E-state index in [4.69, 9.17) is 4.52 Å². The van der Waals surface area contributed by atoms with E-state index in [9.17, 15) is 5.11 Å². The molecule has 0 amide bonds. The largest absolute Gasteiger partial charge is 0.507 e. The zero-order valence-corrected chi connectivity index (χ0v) is 25.9. The SMILES string of the molecule is O=P(C(=[PH+]OCC(c1ccccc1)c1ccccc1)Sc1cc(Br)ccc1O)(c1ccccc1)c1ccccc1. The second-order valence-electron chi connectivity index (χ2n) is 9.09. The van der Waals surface area contributed by atoms with Gasteiger partial charge in [-0.25, -0.2) is 0 Å². The Morgan fingerprint density at radius 1 is 0.750 bits per heavy atom. The van der Waals surface area contributed by atoms with Gasteiger partial charge >= 0.3 is 0 Å². The Kier molecular flexibility index (Phi) is 9.75. The van der Waals surface area contributed by atoms with E-state index >= 15 is 4.57 Å². The van der Waals surface area contributed by atoms with E-state index in [0.717, 1.165) is 26.2 Å². The number of thioether (sulfide) groups is 1. The van der Waals surface area contributed by atoms with Gasteiger partial charge < -0.3 is 9.67 Å². The molecule has 5 aromatic carbocycles. The third-order valence-corrected chi connectivity index (χ3v) is 13.6. The third-order valence-electron chi connectivity index (χ3n) is 6.47. The molecule has 0 spiro atoms. The van der Waals surface area contributed by atoms with E-state index in [1.807, 2.05) is 103 Å². The van der Waals surface area contributed by atoms with Gasteiger partial charge in [-0.3, -0.25) is 0 Å². The fourth-order valence-electron chi connectivity index (χ4n) is 4.43. The number of rotatable bonds is 10. The molecule has 7 heteroatoms. The van der Waals surface area contributed by atoms with Crippen LogP contribution in [0.5, 0.6) is 5.75 Å². The first-order valence-electron chi connectivity index (χ1n) is 12.8. The summed E-state index contributed by atoms with van der Waals surface area (Å²) in [5.74, 6) is 0.155. The molecule has 200 valence electrons. The van der Waals surface area contributed by atoms with E-state index < -0.39 is 7.14 Å². The molecular formula is C33H28BrO3P2S+. The monoisotopic (exact) mass is 645 g/mol. The molecule has 0 aliphatic rings. The summed E-state index contributed by atoms with van der Waals surface area (Å²) in [4.78, 5) is 0.621. The lowest BCUT2D eigenvalue weighted by Crippen LogP contribution is -2.20. The highest BCUT2D eigenvalue weighted by Crippen LogP contribution is 2.54. The van der Waals surface area contributed by atoms with E-state index in [-0.39, 0.29) is 20.1 Å². The van der Waals surface area contributed by atoms with Crippen LogP contribution >= 0.6 is 43.3 Å². The molecule has 0 aliphatic heterocycles. The van der Waals surface area contributed by atoms with Gasteiger partial charge in [-0.2, -0.15) is 4.52 Å². The van der Waals surface area contributed by atoms with Crippen LogP contribution in [0.4, 0.5) is 0 Å². The zero-order valence-electron chi connectivity index (χ0n) is 21.6. The Morgan fingerprint density at radius 2 is 1.23 bits per heavy atom. The number of phenols is 1. The van der Waals surface area contributed by atoms with Crippen LogP contribution in [-0.4, -0.2) is 16.1 Å². The average Bonchev–Trinajstić information content (AvgIpc) is 3.01. The lowest BCUT2D eigenvalue weighted by atomic mass is 9.92. The first-order valence-corrected chi connectivity index (χ1v) is 17.0. The molecule has 40 heavy (non-hydrogen) atoms. The Hall–Kier alpha value is -2.91. The maximum atomic E-state index is 15.3. The number of phenolic OH excluding ortho intramolecular Hbond substituents is 1. The van der Waals surface area contributed by atoms with Crippen LogP contribution in [0.25, 0.3) is 0 Å². The van der Waals surface area contributed by atoms with Crippen molar-refractivity contribution >= 4 is 58.2 Å². The number of halogens is 1. The first kappa shape index (κ1) is 28.6. The molecular weight excluding hydrogens is 618 g/mol. The number of hydrogen-bond donors (Lipinski definition) is 1. The van der Waals surface area contributed by atoms with Gasteiger partial charge in [0.2, 0.25) is 7.14 Å². The molecule has 0 fully saturated rings. The Morgan fingerprint density at radius 3 is 1.73 bits per heavy atom. The van der Waals surface area contributed by atoms with E-state index in [1.165, 1.54) is 11.8 Å². The molecule has 0 heterocycles. The van der Waals surface area contributed by atoms with Gasteiger partial charge in [0, 0.05) is 21.0 Å². The van der Waals surface area contributed by atoms with Crippen LogP contribution < -0.4 is 10.6 Å². The van der Waals surface area contributed by atoms with Crippen LogP contribution in [0, 0.1) is 0 Å². The summed E-state index contributed by atoms with van der Waals surface area (Å²) in [7, 11) is -3.48. The first-order chi connectivity index (χ1) is 19.6. The second kappa shape index (κ2) is 13.6. The topological polar surface area (TPSA) is 46.5 Å². The minimum absolute atomic E-state index is 0.0215. The molecule has 1 N–H and O–H groups in total. The summed E-state index contributed by atoms with van der Waals surface area (Å²) >= 11 is 4.85. The molecule has 5 aromatic rings. The summed E-state index contributed by atoms with van der Waals surface area (Å²) in [5.41, 5.74) is 2.32. The molecule has 0 aromatic heterocycles. The lowest BCUT2D eigenvalue weighted by Gasteiger charge is -2.18. The quantitative estimate of drug-likeness (QED) is 0.122. The van der Waals surface area contributed by atoms with Crippen molar-refractivity contribution in [3.8, 4) is 5.75 Å². The van der Waals surface area contributed by atoms with Crippen molar-refractivity contribution in [2.24, 2.45) is 0 Å². The molecule has 1 atom stereocenters. The summed E-state index contributed by atoms with van der Waals surface area (Å²) in [6.45, 7) is 0.421. The fourth-order valence-corrected chi connectivity index (χ4v) is 11.4. The maximum absolute atomic E-state index is 15.3. The van der Waals surface area contributed by atoms with E-state index in [0.29, 0.717) is 15.9 Å². The number of hydrogen-bond acceptors (Lipinski definition) is 4. The standard InChI is InChI=1S/C33H27BrO3P2S/c34-27-21-22-31(35)32(23-27)40-33(39(36,28-17-9-3-10-18-28)29-19-11-4-12-20-29)38-37-24-30(25-13-5-1-6-14-25)26-15-7-2-8-16-26/h1-23,30,35H,24H2/p+1. The third kappa shape index (κ3) is 6.69. The minimum atomic E-state index is -3.30. The summed E-state index contributed by atoms with van der Waals surface area (Å²) in [6, 6.07) is 45.1. The normalized spacial score (nSPS) is 12.0. The Bertz CT molecular complexity index is 1530. The fraction of sp³-hybridized carbons (Fsp3) is 0.0606. The van der Waals surface area contributed by atoms with Crippen molar-refractivity contribution in [3.05, 3.63) is 155 Å². The van der Waals surface area contributed by atoms with Gasteiger partial charge in [0.25, 0.3) is 12.8 Å². The van der Waals surface area contributed by atoms with Gasteiger partial charge in [-0.15, -0.1) is 0 Å². The predicted octanol–water partition coefficient (Wildman–Crippen LogP) is 8.79. The zero-order chi connectivity index (χ0) is 27.8. The van der Waals surface area contributed by atoms with Crippen molar-refractivity contribution in [1.29, 1.82) is 0 Å².